The summed E-state index contributed by atoms with van der Waals surface area (Å²) in [6.07, 6.45) is 1.51. The fourth-order valence-corrected chi connectivity index (χ4v) is 1.45. The number of likely N-dealkylation sites (N-methyl/N-ethyl adjacent to an activating group) is 1. The van der Waals surface area contributed by atoms with Gasteiger partial charge in [0.1, 0.15) is 11.9 Å². The Hall–Kier alpha value is -1.43. The van der Waals surface area contributed by atoms with E-state index in [1.807, 2.05) is 13.8 Å². The predicted octanol–water partition coefficient (Wildman–Crippen LogP) is 0.0755. The fraction of sp³-hybridized carbons (Fsp3) is 0.700. The van der Waals surface area contributed by atoms with Crippen LogP contribution in [0.15, 0.2) is 0 Å². The van der Waals surface area contributed by atoms with Crippen LogP contribution in [0.3, 0.4) is 0 Å². The topological polar surface area (TPSA) is 80.0 Å². The number of carbonyl (C=O) groups is 1. The van der Waals surface area contributed by atoms with Crippen LogP contribution < -0.4 is 5.32 Å². The van der Waals surface area contributed by atoms with Gasteiger partial charge in [0.25, 0.3) is 0 Å². The van der Waals surface area contributed by atoms with Crippen molar-refractivity contribution in [1.29, 1.82) is 0 Å². The van der Waals surface area contributed by atoms with Crippen LogP contribution in [-0.2, 0) is 24.2 Å². The second-order valence-corrected chi connectivity index (χ2v) is 3.51. The molecule has 2 N–H and O–H groups in total. The zero-order chi connectivity index (χ0) is 12.1. The lowest BCUT2D eigenvalue weighted by molar-refractivity contribution is -0.139. The normalized spacial score (nSPS) is 12.7. The van der Waals surface area contributed by atoms with Crippen LogP contribution in [0.5, 0.6) is 0 Å². The molecule has 6 nitrogen and oxygen atoms in total. The van der Waals surface area contributed by atoms with Crippen LogP contribution in [0.1, 0.15) is 25.5 Å². The number of carboxylic acids is 1. The molecular formula is C10H18N4O2. The van der Waals surface area contributed by atoms with E-state index in [1.165, 1.54) is 0 Å². The molecule has 90 valence electrons. The van der Waals surface area contributed by atoms with Gasteiger partial charge in [0.15, 0.2) is 5.82 Å². The second-order valence-electron chi connectivity index (χ2n) is 3.51. The monoisotopic (exact) mass is 226 g/mol. The molecule has 0 saturated heterocycles. The lowest BCUT2D eigenvalue weighted by Gasteiger charge is -2.11. The fourth-order valence-electron chi connectivity index (χ4n) is 1.45. The number of aromatic nitrogens is 3. The highest BCUT2D eigenvalue weighted by molar-refractivity contribution is 5.73. The van der Waals surface area contributed by atoms with Crippen LogP contribution in [0.4, 0.5) is 0 Å². The van der Waals surface area contributed by atoms with Gasteiger partial charge in [0.2, 0.25) is 0 Å². The van der Waals surface area contributed by atoms with E-state index in [0.29, 0.717) is 6.54 Å². The van der Waals surface area contributed by atoms with Gasteiger partial charge in [0, 0.05) is 12.8 Å². The van der Waals surface area contributed by atoms with E-state index >= 15 is 0 Å². The van der Waals surface area contributed by atoms with E-state index < -0.39 is 12.0 Å². The van der Waals surface area contributed by atoms with Crippen molar-refractivity contribution in [2.24, 2.45) is 0 Å². The van der Waals surface area contributed by atoms with Crippen LogP contribution in [0.25, 0.3) is 0 Å². The van der Waals surface area contributed by atoms with Gasteiger partial charge in [-0.2, -0.15) is 5.10 Å². The third-order valence-corrected chi connectivity index (χ3v) is 2.43. The number of nitrogens with one attached hydrogen (secondary N) is 1. The lowest BCUT2D eigenvalue weighted by Crippen LogP contribution is -2.38. The number of rotatable bonds is 6. The lowest BCUT2D eigenvalue weighted by atomic mass is 10.3. The average Bonchev–Trinajstić information content (AvgIpc) is 2.67. The Morgan fingerprint density at radius 3 is 2.62 bits per heavy atom. The highest BCUT2D eigenvalue weighted by Crippen LogP contribution is 2.02. The molecule has 16 heavy (non-hydrogen) atoms. The van der Waals surface area contributed by atoms with Crippen molar-refractivity contribution in [3.05, 3.63) is 11.6 Å². The van der Waals surface area contributed by atoms with Gasteiger partial charge in [0.05, 0.1) is 6.54 Å². The van der Waals surface area contributed by atoms with E-state index in [1.54, 1.807) is 11.7 Å². The smallest absolute Gasteiger partial charge is 0.322 e. The number of nitrogens with zero attached hydrogens (tertiary/aromatic N) is 3. The molecule has 0 saturated carbocycles. The largest absolute Gasteiger partial charge is 0.480 e. The Kier molecular flexibility index (Phi) is 4.42. The van der Waals surface area contributed by atoms with Gasteiger partial charge in [-0.1, -0.05) is 13.8 Å². The van der Waals surface area contributed by atoms with Gasteiger partial charge in [-0.15, -0.1) is 0 Å². The number of aryl methyl sites for hydroxylation is 2. The molecule has 0 aliphatic heterocycles. The average molecular weight is 226 g/mol. The SMILES string of the molecule is CCc1nc(CC)n(CC(NC)C(=O)O)n1. The molecule has 0 aliphatic carbocycles. The second kappa shape index (κ2) is 5.60. The van der Waals surface area contributed by atoms with Crippen LogP contribution in [0, 0.1) is 0 Å². The first-order valence-electron chi connectivity index (χ1n) is 5.45. The summed E-state index contributed by atoms with van der Waals surface area (Å²) in [7, 11) is 1.63. The molecule has 0 amide bonds. The van der Waals surface area contributed by atoms with Gasteiger partial charge in [-0.3, -0.25) is 4.79 Å². The van der Waals surface area contributed by atoms with E-state index in [-0.39, 0.29) is 0 Å². The minimum Gasteiger partial charge on any atom is -0.480 e. The molecule has 0 radical (unpaired) electrons. The number of hydrogen-bond acceptors (Lipinski definition) is 4. The Bertz CT molecular complexity index is 362. The summed E-state index contributed by atoms with van der Waals surface area (Å²) in [5.41, 5.74) is 0. The van der Waals surface area contributed by atoms with Crippen LogP contribution >= 0.6 is 0 Å². The molecule has 1 aromatic heterocycles. The first kappa shape index (κ1) is 12.6. The van der Waals surface area contributed by atoms with Crippen LogP contribution in [0.2, 0.25) is 0 Å². The maximum Gasteiger partial charge on any atom is 0.322 e. The quantitative estimate of drug-likeness (QED) is 0.718. The van der Waals surface area contributed by atoms with E-state index in [2.05, 4.69) is 15.4 Å². The van der Waals surface area contributed by atoms with Crippen molar-refractivity contribution in [3.63, 3.8) is 0 Å². The summed E-state index contributed by atoms with van der Waals surface area (Å²) in [5, 5.41) is 16.0. The van der Waals surface area contributed by atoms with Crippen molar-refractivity contribution < 1.29 is 9.90 Å². The van der Waals surface area contributed by atoms with Gasteiger partial charge >= 0.3 is 5.97 Å². The minimum absolute atomic E-state index is 0.308. The molecular weight excluding hydrogens is 208 g/mol. The zero-order valence-corrected chi connectivity index (χ0v) is 9.90. The Balaban J connectivity index is 2.85. The van der Waals surface area contributed by atoms with Gasteiger partial charge in [-0.25, -0.2) is 9.67 Å². The standard InChI is InChI=1S/C10H18N4O2/c1-4-8-12-9(5-2)14(13-8)6-7(11-3)10(15)16/h7,11H,4-6H2,1-3H3,(H,15,16). The molecule has 1 heterocycles. The molecule has 0 spiro atoms. The highest BCUT2D eigenvalue weighted by Gasteiger charge is 2.18. The maximum absolute atomic E-state index is 10.9. The summed E-state index contributed by atoms with van der Waals surface area (Å²) >= 11 is 0. The number of carboxylic acid groups (broad SMARTS) is 1. The molecule has 0 bridgehead atoms. The van der Waals surface area contributed by atoms with Crippen molar-refractivity contribution in [3.8, 4) is 0 Å². The van der Waals surface area contributed by atoms with Crippen molar-refractivity contribution >= 4 is 5.97 Å². The van der Waals surface area contributed by atoms with E-state index in [0.717, 1.165) is 24.5 Å². The molecule has 1 aromatic rings. The molecule has 0 aromatic carbocycles. The van der Waals surface area contributed by atoms with E-state index in [4.69, 9.17) is 5.11 Å². The van der Waals surface area contributed by atoms with E-state index in [9.17, 15) is 4.79 Å². The van der Waals surface area contributed by atoms with Crippen molar-refractivity contribution in [2.75, 3.05) is 7.05 Å². The predicted molar refractivity (Wildman–Crippen MR) is 59.3 cm³/mol. The summed E-state index contributed by atoms with van der Waals surface area (Å²) in [5.74, 6) is 0.716. The number of aliphatic carboxylic acids is 1. The van der Waals surface area contributed by atoms with Gasteiger partial charge in [-0.05, 0) is 7.05 Å². The highest BCUT2D eigenvalue weighted by atomic mass is 16.4. The number of hydrogen-bond donors (Lipinski definition) is 2. The minimum atomic E-state index is -0.877. The maximum atomic E-state index is 10.9. The molecule has 1 atom stereocenters. The first-order chi connectivity index (χ1) is 7.62. The molecule has 1 unspecified atom stereocenters. The summed E-state index contributed by atoms with van der Waals surface area (Å²) in [6, 6.07) is -0.628. The van der Waals surface area contributed by atoms with Crippen molar-refractivity contribution in [1.82, 2.24) is 20.1 Å². The Labute approximate surface area is 94.7 Å². The van der Waals surface area contributed by atoms with Crippen molar-refractivity contribution in [2.45, 2.75) is 39.3 Å². The van der Waals surface area contributed by atoms with Gasteiger partial charge < -0.3 is 10.4 Å². The third kappa shape index (κ3) is 2.79. The Morgan fingerprint density at radius 1 is 1.50 bits per heavy atom. The zero-order valence-electron chi connectivity index (χ0n) is 9.90. The third-order valence-electron chi connectivity index (χ3n) is 2.43. The molecule has 0 fully saturated rings. The first-order valence-corrected chi connectivity index (χ1v) is 5.45. The van der Waals surface area contributed by atoms with Crippen LogP contribution in [-0.4, -0.2) is 38.9 Å². The Morgan fingerprint density at radius 2 is 2.19 bits per heavy atom. The summed E-state index contributed by atoms with van der Waals surface area (Å²) in [4.78, 5) is 15.2. The summed E-state index contributed by atoms with van der Waals surface area (Å²) < 4.78 is 1.67. The molecule has 1 rings (SSSR count). The molecule has 0 aliphatic rings. The summed E-state index contributed by atoms with van der Waals surface area (Å²) in [6.45, 7) is 4.27. The molecule has 6 heteroatoms.